The number of benzene rings is 2. The van der Waals surface area contributed by atoms with E-state index in [1.165, 1.54) is 11.1 Å². The smallest absolute Gasteiger partial charge is 0.123 e. The molecule has 28 heavy (non-hydrogen) atoms. The second-order valence-corrected chi connectivity index (χ2v) is 7.68. The summed E-state index contributed by atoms with van der Waals surface area (Å²) < 4.78 is 17.3. The number of rotatable bonds is 8. The predicted octanol–water partition coefficient (Wildman–Crippen LogP) is 3.21. The Kier molecular flexibility index (Phi) is 6.15. The molecule has 3 atom stereocenters. The Morgan fingerprint density at radius 3 is 2.86 bits per heavy atom. The number of aliphatic hydroxyl groups excluding tert-OH is 1. The minimum atomic E-state index is -0.483. The van der Waals surface area contributed by atoms with Gasteiger partial charge < -0.3 is 19.3 Å². The second-order valence-electron chi connectivity index (χ2n) is 7.68. The monoisotopic (exact) mass is 383 g/mol. The molecule has 2 aliphatic rings. The molecule has 1 aliphatic carbocycles. The highest BCUT2D eigenvalue weighted by Crippen LogP contribution is 2.33. The molecule has 1 heterocycles. The van der Waals surface area contributed by atoms with E-state index in [1.54, 1.807) is 7.11 Å². The second kappa shape index (κ2) is 8.95. The van der Waals surface area contributed by atoms with E-state index in [9.17, 15) is 5.11 Å². The van der Waals surface area contributed by atoms with Gasteiger partial charge in [0.2, 0.25) is 0 Å². The first kappa shape index (κ1) is 19.2. The van der Waals surface area contributed by atoms with Gasteiger partial charge in [-0.15, -0.1) is 0 Å². The van der Waals surface area contributed by atoms with Gasteiger partial charge in [0.1, 0.15) is 17.6 Å². The van der Waals surface area contributed by atoms with Gasteiger partial charge in [0.15, 0.2) is 0 Å². The molecule has 1 N–H and O–H groups in total. The zero-order chi connectivity index (χ0) is 19.3. The van der Waals surface area contributed by atoms with E-state index in [-0.39, 0.29) is 12.2 Å². The molecular weight excluding hydrogens is 354 g/mol. The molecule has 1 aliphatic heterocycles. The first-order chi connectivity index (χ1) is 13.7. The number of likely N-dealkylation sites (tertiary alicyclic amines) is 1. The van der Waals surface area contributed by atoms with Crippen LogP contribution >= 0.6 is 0 Å². The van der Waals surface area contributed by atoms with Crippen molar-refractivity contribution in [3.63, 3.8) is 0 Å². The molecule has 5 nitrogen and oxygen atoms in total. The topological polar surface area (TPSA) is 51.2 Å². The van der Waals surface area contributed by atoms with Crippen LogP contribution in [0.3, 0.4) is 0 Å². The van der Waals surface area contributed by atoms with Gasteiger partial charge in [0.05, 0.1) is 25.9 Å². The van der Waals surface area contributed by atoms with Crippen LogP contribution in [0.2, 0.25) is 0 Å². The predicted molar refractivity (Wildman–Crippen MR) is 108 cm³/mol. The molecule has 2 aromatic rings. The lowest BCUT2D eigenvalue weighted by atomic mass is 10.1. The quantitative estimate of drug-likeness (QED) is 0.759. The van der Waals surface area contributed by atoms with Gasteiger partial charge in [0, 0.05) is 25.7 Å². The van der Waals surface area contributed by atoms with Crippen LogP contribution < -0.4 is 9.47 Å². The highest BCUT2D eigenvalue weighted by Gasteiger charge is 2.27. The van der Waals surface area contributed by atoms with Crippen molar-refractivity contribution in [3.05, 3.63) is 59.7 Å². The van der Waals surface area contributed by atoms with Crippen molar-refractivity contribution in [2.75, 3.05) is 33.4 Å². The highest BCUT2D eigenvalue weighted by molar-refractivity contribution is 5.34. The third kappa shape index (κ3) is 4.66. The Hall–Kier alpha value is -2.08. The Labute approximate surface area is 166 Å². The Balaban J connectivity index is 1.21. The van der Waals surface area contributed by atoms with Crippen LogP contribution in [-0.4, -0.2) is 55.6 Å². The SMILES string of the molecule is COc1cccc(OC2CCN(CC(O)CO[C@@H]3CCc4ccccc43)C2)c1. The molecule has 1 saturated heterocycles. The zero-order valence-electron chi connectivity index (χ0n) is 16.4. The Morgan fingerprint density at radius 1 is 1.11 bits per heavy atom. The van der Waals surface area contributed by atoms with Crippen LogP contribution in [-0.2, 0) is 11.2 Å². The van der Waals surface area contributed by atoms with Gasteiger partial charge in [0.25, 0.3) is 0 Å². The van der Waals surface area contributed by atoms with Crippen molar-refractivity contribution in [1.29, 1.82) is 0 Å². The molecule has 150 valence electrons. The van der Waals surface area contributed by atoms with E-state index >= 15 is 0 Å². The van der Waals surface area contributed by atoms with Crippen LogP contribution in [0.15, 0.2) is 48.5 Å². The molecule has 4 rings (SSSR count). The first-order valence-electron chi connectivity index (χ1n) is 10.1. The van der Waals surface area contributed by atoms with Crippen LogP contribution in [0.4, 0.5) is 0 Å². The fraction of sp³-hybridized carbons (Fsp3) is 0.478. The van der Waals surface area contributed by atoms with Gasteiger partial charge in [-0.1, -0.05) is 30.3 Å². The van der Waals surface area contributed by atoms with Crippen molar-refractivity contribution in [2.45, 2.75) is 37.6 Å². The van der Waals surface area contributed by atoms with Gasteiger partial charge in [-0.05, 0) is 42.5 Å². The van der Waals surface area contributed by atoms with Gasteiger partial charge in [-0.3, -0.25) is 4.90 Å². The van der Waals surface area contributed by atoms with Gasteiger partial charge in [-0.25, -0.2) is 0 Å². The summed E-state index contributed by atoms with van der Waals surface area (Å²) in [7, 11) is 1.66. The molecule has 5 heteroatoms. The van der Waals surface area contributed by atoms with E-state index in [0.29, 0.717) is 13.2 Å². The number of hydrogen-bond donors (Lipinski definition) is 1. The minimum absolute atomic E-state index is 0.119. The van der Waals surface area contributed by atoms with Crippen molar-refractivity contribution in [2.24, 2.45) is 0 Å². The fourth-order valence-electron chi connectivity index (χ4n) is 4.20. The number of methoxy groups -OCH3 is 1. The van der Waals surface area contributed by atoms with Crippen molar-refractivity contribution in [3.8, 4) is 11.5 Å². The molecule has 0 saturated carbocycles. The summed E-state index contributed by atoms with van der Waals surface area (Å²) in [5.41, 5.74) is 2.65. The molecule has 0 bridgehead atoms. The third-order valence-electron chi connectivity index (χ3n) is 5.61. The maximum Gasteiger partial charge on any atom is 0.123 e. The summed E-state index contributed by atoms with van der Waals surface area (Å²) in [6, 6.07) is 16.1. The van der Waals surface area contributed by atoms with Crippen LogP contribution in [0, 0.1) is 0 Å². The van der Waals surface area contributed by atoms with Crippen LogP contribution in [0.25, 0.3) is 0 Å². The number of aryl methyl sites for hydroxylation is 1. The molecule has 0 amide bonds. The molecule has 0 aromatic heterocycles. The standard InChI is InChI=1S/C23H29NO4/c1-26-19-6-4-7-20(13-19)28-21-11-12-24(15-21)14-18(25)16-27-23-10-9-17-5-2-3-8-22(17)23/h2-8,13,18,21,23,25H,9-12,14-16H2,1H3/t18?,21?,23-/m1/s1. The van der Waals surface area contributed by atoms with Crippen LogP contribution in [0.1, 0.15) is 30.1 Å². The number of ether oxygens (including phenoxy) is 3. The minimum Gasteiger partial charge on any atom is -0.497 e. The summed E-state index contributed by atoms with van der Waals surface area (Å²) in [4.78, 5) is 2.25. The lowest BCUT2D eigenvalue weighted by Gasteiger charge is -2.22. The maximum atomic E-state index is 10.4. The van der Waals surface area contributed by atoms with E-state index in [2.05, 4.69) is 29.2 Å². The lowest BCUT2D eigenvalue weighted by Crippen LogP contribution is -2.35. The summed E-state index contributed by atoms with van der Waals surface area (Å²) in [6.45, 7) is 2.74. The fourth-order valence-corrected chi connectivity index (χ4v) is 4.20. The van der Waals surface area contributed by atoms with E-state index in [1.807, 2.05) is 24.3 Å². The average molecular weight is 383 g/mol. The molecule has 1 fully saturated rings. The van der Waals surface area contributed by atoms with Gasteiger partial charge >= 0.3 is 0 Å². The molecular formula is C23H29NO4. The molecule has 2 aromatic carbocycles. The summed E-state index contributed by atoms with van der Waals surface area (Å²) >= 11 is 0. The summed E-state index contributed by atoms with van der Waals surface area (Å²) in [5.74, 6) is 1.63. The first-order valence-corrected chi connectivity index (χ1v) is 10.1. The Morgan fingerprint density at radius 2 is 1.96 bits per heavy atom. The average Bonchev–Trinajstić information content (AvgIpc) is 3.33. The zero-order valence-corrected chi connectivity index (χ0v) is 16.4. The molecule has 0 radical (unpaired) electrons. The van der Waals surface area contributed by atoms with Crippen molar-refractivity contribution in [1.82, 2.24) is 4.90 Å². The number of hydrogen-bond acceptors (Lipinski definition) is 5. The molecule has 0 spiro atoms. The normalized spacial score (nSPS) is 22.8. The number of fused-ring (bicyclic) bond motifs is 1. The van der Waals surface area contributed by atoms with E-state index < -0.39 is 6.10 Å². The van der Waals surface area contributed by atoms with Crippen LogP contribution in [0.5, 0.6) is 11.5 Å². The summed E-state index contributed by atoms with van der Waals surface area (Å²) in [5, 5.41) is 10.4. The summed E-state index contributed by atoms with van der Waals surface area (Å²) in [6.07, 6.45) is 2.80. The largest absolute Gasteiger partial charge is 0.497 e. The Bertz CT molecular complexity index is 781. The molecule has 2 unspecified atom stereocenters. The highest BCUT2D eigenvalue weighted by atomic mass is 16.5. The lowest BCUT2D eigenvalue weighted by molar-refractivity contribution is -0.0200. The number of β-amino-alcohol motifs (C(OH)–C–C–N with tert-alkyl or cyclic N) is 1. The van der Waals surface area contributed by atoms with E-state index in [0.717, 1.165) is 43.9 Å². The number of aliphatic hydroxyl groups is 1. The number of nitrogens with zero attached hydrogens (tertiary/aromatic N) is 1. The third-order valence-corrected chi connectivity index (χ3v) is 5.61. The van der Waals surface area contributed by atoms with E-state index in [4.69, 9.17) is 14.2 Å². The van der Waals surface area contributed by atoms with Crippen molar-refractivity contribution >= 4 is 0 Å². The maximum absolute atomic E-state index is 10.4. The van der Waals surface area contributed by atoms with Gasteiger partial charge in [-0.2, -0.15) is 0 Å². The van der Waals surface area contributed by atoms with Crippen molar-refractivity contribution < 1.29 is 19.3 Å².